The molecule has 0 N–H and O–H groups in total. The van der Waals surface area contributed by atoms with Crippen LogP contribution in [0.3, 0.4) is 0 Å². The minimum absolute atomic E-state index is 0.102. The highest BCUT2D eigenvalue weighted by atomic mass is 16.6. The first kappa shape index (κ1) is 12.9. The van der Waals surface area contributed by atoms with E-state index in [1.807, 2.05) is 0 Å². The maximum atomic E-state index is 10.9. The SMILES string of the molecule is COc1ccc([N+](=O)[O-])c(C(C)(C)N=C=O)c1. The van der Waals surface area contributed by atoms with Crippen LogP contribution in [0.5, 0.6) is 5.75 Å². The van der Waals surface area contributed by atoms with Crippen molar-refractivity contribution in [3.63, 3.8) is 0 Å². The predicted molar refractivity (Wildman–Crippen MR) is 60.8 cm³/mol. The number of hydrogen-bond donors (Lipinski definition) is 0. The average Bonchev–Trinajstić information content (AvgIpc) is 2.28. The monoisotopic (exact) mass is 236 g/mol. The molecule has 0 unspecified atom stereocenters. The number of benzene rings is 1. The van der Waals surface area contributed by atoms with Gasteiger partial charge in [-0.2, -0.15) is 4.99 Å². The summed E-state index contributed by atoms with van der Waals surface area (Å²) in [6.07, 6.45) is 1.42. The Morgan fingerprint density at radius 3 is 2.59 bits per heavy atom. The van der Waals surface area contributed by atoms with Gasteiger partial charge in [-0.05, 0) is 26.0 Å². The summed E-state index contributed by atoms with van der Waals surface area (Å²) in [7, 11) is 1.46. The van der Waals surface area contributed by atoms with Crippen LogP contribution >= 0.6 is 0 Å². The van der Waals surface area contributed by atoms with Crippen molar-refractivity contribution in [2.45, 2.75) is 19.4 Å². The number of carbonyl (C=O) groups excluding carboxylic acids is 1. The van der Waals surface area contributed by atoms with Crippen LogP contribution in [0.4, 0.5) is 5.69 Å². The lowest BCUT2D eigenvalue weighted by Gasteiger charge is -2.18. The zero-order valence-corrected chi connectivity index (χ0v) is 9.76. The molecule has 0 radical (unpaired) electrons. The molecular formula is C11H12N2O4. The highest BCUT2D eigenvalue weighted by Gasteiger charge is 2.29. The summed E-state index contributed by atoms with van der Waals surface area (Å²) in [5.41, 5.74) is -0.807. The standard InChI is InChI=1S/C11H12N2O4/c1-11(2,12-7-14)9-6-8(17-3)4-5-10(9)13(15)16/h4-6H,1-3H3. The molecule has 0 bridgehead atoms. The van der Waals surface area contributed by atoms with Crippen molar-refractivity contribution >= 4 is 11.8 Å². The molecule has 0 aliphatic rings. The van der Waals surface area contributed by atoms with Crippen LogP contribution in [-0.2, 0) is 10.3 Å². The van der Waals surface area contributed by atoms with Crippen LogP contribution in [0.15, 0.2) is 23.2 Å². The van der Waals surface area contributed by atoms with Gasteiger partial charge in [-0.1, -0.05) is 0 Å². The van der Waals surface area contributed by atoms with Crippen LogP contribution in [0, 0.1) is 10.1 Å². The Morgan fingerprint density at radius 2 is 2.12 bits per heavy atom. The van der Waals surface area contributed by atoms with Crippen LogP contribution in [0.1, 0.15) is 19.4 Å². The molecule has 0 aromatic heterocycles. The first-order valence-electron chi connectivity index (χ1n) is 4.84. The maximum absolute atomic E-state index is 10.9. The van der Waals surface area contributed by atoms with Crippen LogP contribution in [0.25, 0.3) is 0 Å². The molecule has 0 saturated heterocycles. The highest BCUT2D eigenvalue weighted by molar-refractivity contribution is 5.50. The Kier molecular flexibility index (Phi) is 3.60. The largest absolute Gasteiger partial charge is 0.497 e. The summed E-state index contributed by atoms with van der Waals surface area (Å²) < 4.78 is 5.00. The van der Waals surface area contributed by atoms with Gasteiger partial charge in [0.2, 0.25) is 6.08 Å². The van der Waals surface area contributed by atoms with E-state index in [4.69, 9.17) is 4.74 Å². The number of nitro groups is 1. The number of ether oxygens (including phenoxy) is 1. The highest BCUT2D eigenvalue weighted by Crippen LogP contribution is 2.34. The number of isocyanates is 1. The molecule has 1 rings (SSSR count). The minimum atomic E-state index is -1.02. The molecule has 1 aromatic carbocycles. The Balaban J connectivity index is 3.46. The molecule has 0 fully saturated rings. The van der Waals surface area contributed by atoms with Gasteiger partial charge >= 0.3 is 0 Å². The molecule has 1 aromatic rings. The van der Waals surface area contributed by atoms with E-state index in [0.29, 0.717) is 11.3 Å². The van der Waals surface area contributed by atoms with E-state index in [2.05, 4.69) is 4.99 Å². The summed E-state index contributed by atoms with van der Waals surface area (Å²) in [4.78, 5) is 24.3. The van der Waals surface area contributed by atoms with Gasteiger partial charge in [0.1, 0.15) is 5.75 Å². The van der Waals surface area contributed by atoms with E-state index in [0.717, 1.165) is 0 Å². The predicted octanol–water partition coefficient (Wildman–Crippen LogP) is 2.17. The smallest absolute Gasteiger partial charge is 0.275 e. The van der Waals surface area contributed by atoms with Crippen molar-refractivity contribution in [1.29, 1.82) is 0 Å². The number of nitrogens with zero attached hydrogens (tertiary/aromatic N) is 2. The van der Waals surface area contributed by atoms with E-state index in [-0.39, 0.29) is 5.69 Å². The first-order chi connectivity index (χ1) is 7.92. The van der Waals surface area contributed by atoms with Gasteiger partial charge in [0.15, 0.2) is 0 Å². The fourth-order valence-corrected chi connectivity index (χ4v) is 1.47. The van der Waals surface area contributed by atoms with Crippen molar-refractivity contribution in [3.05, 3.63) is 33.9 Å². The Bertz CT molecular complexity index is 490. The molecule has 17 heavy (non-hydrogen) atoms. The third-order valence-corrected chi connectivity index (χ3v) is 2.38. The van der Waals surface area contributed by atoms with E-state index in [1.165, 1.54) is 31.4 Å². The molecule has 0 atom stereocenters. The second kappa shape index (κ2) is 4.76. The van der Waals surface area contributed by atoms with E-state index in [1.54, 1.807) is 13.8 Å². The second-order valence-electron chi connectivity index (χ2n) is 3.90. The third kappa shape index (κ3) is 2.68. The summed E-state index contributed by atoms with van der Waals surface area (Å²) >= 11 is 0. The van der Waals surface area contributed by atoms with Crippen LogP contribution in [-0.4, -0.2) is 18.1 Å². The van der Waals surface area contributed by atoms with E-state index in [9.17, 15) is 14.9 Å². The van der Waals surface area contributed by atoms with Gasteiger partial charge in [0.05, 0.1) is 23.1 Å². The molecule has 0 amide bonds. The molecule has 0 aliphatic heterocycles. The number of aliphatic imine (C=N–C) groups is 1. The topological polar surface area (TPSA) is 81.8 Å². The molecular weight excluding hydrogens is 224 g/mol. The Hall–Kier alpha value is -2.20. The lowest BCUT2D eigenvalue weighted by atomic mass is 9.93. The molecule has 0 saturated carbocycles. The zero-order valence-electron chi connectivity index (χ0n) is 9.76. The lowest BCUT2D eigenvalue weighted by Crippen LogP contribution is -2.16. The fourth-order valence-electron chi connectivity index (χ4n) is 1.47. The van der Waals surface area contributed by atoms with E-state index >= 15 is 0 Å². The Morgan fingerprint density at radius 1 is 1.47 bits per heavy atom. The molecule has 0 aliphatic carbocycles. The van der Waals surface area contributed by atoms with Crippen molar-refractivity contribution in [2.24, 2.45) is 4.99 Å². The van der Waals surface area contributed by atoms with Gasteiger partial charge in [-0.25, -0.2) is 4.79 Å². The minimum Gasteiger partial charge on any atom is -0.497 e. The second-order valence-corrected chi connectivity index (χ2v) is 3.90. The summed E-state index contributed by atoms with van der Waals surface area (Å²) in [5.74, 6) is 0.472. The van der Waals surface area contributed by atoms with Crippen LogP contribution in [0.2, 0.25) is 0 Å². The van der Waals surface area contributed by atoms with Gasteiger partial charge in [0.25, 0.3) is 5.69 Å². The quantitative estimate of drug-likeness (QED) is 0.347. The summed E-state index contributed by atoms with van der Waals surface area (Å²) in [6.45, 7) is 3.19. The van der Waals surface area contributed by atoms with Gasteiger partial charge in [-0.15, -0.1) is 0 Å². The van der Waals surface area contributed by atoms with Gasteiger partial charge in [-0.3, -0.25) is 10.1 Å². The number of methoxy groups -OCH3 is 1. The van der Waals surface area contributed by atoms with Crippen molar-refractivity contribution in [3.8, 4) is 5.75 Å². The fraction of sp³-hybridized carbons (Fsp3) is 0.364. The van der Waals surface area contributed by atoms with Crippen molar-refractivity contribution in [1.82, 2.24) is 0 Å². The number of rotatable bonds is 4. The zero-order chi connectivity index (χ0) is 13.1. The average molecular weight is 236 g/mol. The van der Waals surface area contributed by atoms with Gasteiger partial charge < -0.3 is 4.74 Å². The molecule has 90 valence electrons. The number of hydrogen-bond acceptors (Lipinski definition) is 5. The van der Waals surface area contributed by atoms with Crippen molar-refractivity contribution < 1.29 is 14.5 Å². The summed E-state index contributed by atoms with van der Waals surface area (Å²) in [6, 6.07) is 4.32. The number of nitro benzene ring substituents is 1. The van der Waals surface area contributed by atoms with Crippen molar-refractivity contribution in [2.75, 3.05) is 7.11 Å². The Labute approximate surface area is 98.1 Å². The summed E-state index contributed by atoms with van der Waals surface area (Å²) in [5, 5.41) is 10.9. The van der Waals surface area contributed by atoms with Crippen LogP contribution < -0.4 is 4.74 Å². The molecule has 0 spiro atoms. The van der Waals surface area contributed by atoms with Gasteiger partial charge in [0, 0.05) is 6.07 Å². The molecule has 0 heterocycles. The van der Waals surface area contributed by atoms with E-state index < -0.39 is 10.5 Å². The lowest BCUT2D eigenvalue weighted by molar-refractivity contribution is -0.386. The maximum Gasteiger partial charge on any atom is 0.275 e. The molecule has 6 nitrogen and oxygen atoms in total. The first-order valence-corrected chi connectivity index (χ1v) is 4.84. The normalized spacial score (nSPS) is 10.5. The molecule has 6 heteroatoms. The third-order valence-electron chi connectivity index (χ3n) is 2.38.